The van der Waals surface area contributed by atoms with Crippen LogP contribution in [-0.2, 0) is 0 Å². The van der Waals surface area contributed by atoms with Crippen LogP contribution in [0.2, 0.25) is 0 Å². The van der Waals surface area contributed by atoms with Gasteiger partial charge < -0.3 is 0 Å². The zero-order chi connectivity index (χ0) is 17.5. The lowest BCUT2D eigenvalue weighted by atomic mass is 9.72. The summed E-state index contributed by atoms with van der Waals surface area (Å²) in [5, 5.41) is 0. The average molecular weight is 343 g/mol. The first-order valence-electron chi connectivity index (χ1n) is 12.0. The molecule has 6 saturated carbocycles. The second-order valence-electron chi connectivity index (χ2n) is 11.8. The summed E-state index contributed by atoms with van der Waals surface area (Å²) in [5.41, 5.74) is 0. The number of hydrogen-bond donors (Lipinski definition) is 0. The van der Waals surface area contributed by atoms with Gasteiger partial charge in [0.15, 0.2) is 0 Å². The fourth-order valence-electron chi connectivity index (χ4n) is 8.40. The zero-order valence-electron chi connectivity index (χ0n) is 17.5. The van der Waals surface area contributed by atoms with Crippen molar-refractivity contribution in [2.24, 2.45) is 76.9 Å². The Bertz CT molecular complexity index is 490. The fraction of sp³-hybridized carbons (Fsp3) is 1.00. The van der Waals surface area contributed by atoms with E-state index >= 15 is 0 Å². The van der Waals surface area contributed by atoms with Gasteiger partial charge in [-0.3, -0.25) is 0 Å². The van der Waals surface area contributed by atoms with Crippen LogP contribution < -0.4 is 0 Å². The van der Waals surface area contributed by atoms with Crippen LogP contribution in [0.3, 0.4) is 0 Å². The number of fused-ring (bicyclic) bond motifs is 1. The van der Waals surface area contributed by atoms with Crippen LogP contribution >= 0.6 is 0 Å². The average Bonchev–Trinajstić information content (AvgIpc) is 3.38. The quantitative estimate of drug-likeness (QED) is 0.450. The van der Waals surface area contributed by atoms with Crippen molar-refractivity contribution >= 4 is 0 Å². The van der Waals surface area contributed by atoms with Crippen molar-refractivity contribution in [2.75, 3.05) is 0 Å². The fourth-order valence-corrected chi connectivity index (χ4v) is 8.40. The maximum absolute atomic E-state index is 2.64. The Morgan fingerprint density at radius 1 is 0.720 bits per heavy atom. The monoisotopic (exact) mass is 342 g/mol. The summed E-state index contributed by atoms with van der Waals surface area (Å²) >= 11 is 0. The van der Waals surface area contributed by atoms with Crippen LogP contribution in [0.4, 0.5) is 0 Å². The van der Waals surface area contributed by atoms with Gasteiger partial charge in [0.1, 0.15) is 0 Å². The molecule has 0 N–H and O–H groups in total. The molecule has 6 fully saturated rings. The van der Waals surface area contributed by atoms with E-state index in [0.717, 1.165) is 76.9 Å². The summed E-state index contributed by atoms with van der Waals surface area (Å²) in [6.45, 7) is 12.9. The van der Waals surface area contributed by atoms with Gasteiger partial charge in [0.2, 0.25) is 0 Å². The van der Waals surface area contributed by atoms with Gasteiger partial charge in [-0.05, 0) is 122 Å². The first-order valence-corrected chi connectivity index (χ1v) is 12.0. The first-order chi connectivity index (χ1) is 12.0. The van der Waals surface area contributed by atoms with E-state index in [4.69, 9.17) is 0 Å². The van der Waals surface area contributed by atoms with E-state index in [1.165, 1.54) is 12.8 Å². The largest absolute Gasteiger partial charge is 0.0625 e. The molecule has 25 heavy (non-hydrogen) atoms. The van der Waals surface area contributed by atoms with Crippen molar-refractivity contribution in [1.29, 1.82) is 0 Å². The molecule has 0 aromatic carbocycles. The van der Waals surface area contributed by atoms with E-state index in [2.05, 4.69) is 34.6 Å². The molecule has 0 saturated heterocycles. The van der Waals surface area contributed by atoms with Crippen LogP contribution in [0.15, 0.2) is 0 Å². The normalized spacial score (nSPS) is 47.3. The summed E-state index contributed by atoms with van der Waals surface area (Å²) in [4.78, 5) is 0. The molecule has 0 spiro atoms. The van der Waals surface area contributed by atoms with Crippen LogP contribution in [-0.4, -0.2) is 0 Å². The number of rotatable bonds is 8. The van der Waals surface area contributed by atoms with Crippen LogP contribution in [0.5, 0.6) is 0 Å². The summed E-state index contributed by atoms with van der Waals surface area (Å²) in [7, 11) is 0. The van der Waals surface area contributed by atoms with Gasteiger partial charge in [-0.25, -0.2) is 0 Å². The number of hydrogen-bond acceptors (Lipinski definition) is 0. The van der Waals surface area contributed by atoms with Gasteiger partial charge in [-0.1, -0.05) is 34.6 Å². The van der Waals surface area contributed by atoms with Crippen LogP contribution in [0.1, 0.15) is 79.6 Å². The first kappa shape index (κ1) is 17.1. The molecule has 0 aromatic rings. The second kappa shape index (κ2) is 6.00. The Labute approximate surface area is 156 Å². The second-order valence-corrected chi connectivity index (χ2v) is 11.8. The highest BCUT2D eigenvalue weighted by molar-refractivity contribution is 5.11. The van der Waals surface area contributed by atoms with Crippen LogP contribution in [0.25, 0.3) is 0 Å². The van der Waals surface area contributed by atoms with E-state index in [-0.39, 0.29) is 0 Å². The topological polar surface area (TPSA) is 0 Å². The van der Waals surface area contributed by atoms with Crippen molar-refractivity contribution < 1.29 is 0 Å². The molecule has 0 heteroatoms. The lowest BCUT2D eigenvalue weighted by Gasteiger charge is -2.33. The third-order valence-corrected chi connectivity index (χ3v) is 10.2. The highest BCUT2D eigenvalue weighted by Crippen LogP contribution is 2.69. The molecule has 142 valence electrons. The molecule has 0 nitrogen and oxygen atoms in total. The van der Waals surface area contributed by atoms with E-state index in [9.17, 15) is 0 Å². The van der Waals surface area contributed by atoms with E-state index in [1.54, 1.807) is 32.1 Å². The predicted molar refractivity (Wildman–Crippen MR) is 106 cm³/mol. The van der Waals surface area contributed by atoms with Gasteiger partial charge >= 0.3 is 0 Å². The lowest BCUT2D eigenvalue weighted by Crippen LogP contribution is -2.28. The Hall–Kier alpha value is 0. The van der Waals surface area contributed by atoms with Crippen molar-refractivity contribution in [3.8, 4) is 0 Å². The molecule has 0 aliphatic heterocycles. The molecule has 2 bridgehead atoms. The Balaban J connectivity index is 1.25. The SMILES string of the molecule is CC(C)C(C1CC1)C(C)[C@H](C)C1CC1C1C2CC(C2)C1[C@@H](C)C1CC1. The third-order valence-electron chi connectivity index (χ3n) is 10.2. The Morgan fingerprint density at radius 3 is 1.92 bits per heavy atom. The van der Waals surface area contributed by atoms with Crippen molar-refractivity contribution in [3.63, 3.8) is 0 Å². The van der Waals surface area contributed by atoms with Gasteiger partial charge in [-0.2, -0.15) is 0 Å². The van der Waals surface area contributed by atoms with E-state index < -0.39 is 0 Å². The van der Waals surface area contributed by atoms with Gasteiger partial charge in [0.25, 0.3) is 0 Å². The predicted octanol–water partition coefficient (Wildman–Crippen LogP) is 6.90. The molecular formula is C25H42. The molecule has 6 unspecified atom stereocenters. The maximum Gasteiger partial charge on any atom is -0.0321 e. The highest BCUT2D eigenvalue weighted by Gasteiger charge is 2.62. The molecule has 0 amide bonds. The molecule has 0 radical (unpaired) electrons. The Kier molecular flexibility index (Phi) is 4.11. The molecule has 6 aliphatic rings. The summed E-state index contributed by atoms with van der Waals surface area (Å²) in [5.74, 6) is 13.9. The van der Waals surface area contributed by atoms with Crippen molar-refractivity contribution in [1.82, 2.24) is 0 Å². The minimum Gasteiger partial charge on any atom is -0.0625 e. The summed E-state index contributed by atoms with van der Waals surface area (Å²) < 4.78 is 0. The molecule has 8 atom stereocenters. The minimum absolute atomic E-state index is 0.893. The van der Waals surface area contributed by atoms with Crippen molar-refractivity contribution in [2.45, 2.75) is 79.6 Å². The van der Waals surface area contributed by atoms with Gasteiger partial charge in [0.05, 0.1) is 0 Å². The molecule has 0 aromatic heterocycles. The molecule has 0 heterocycles. The highest BCUT2D eigenvalue weighted by atomic mass is 14.7. The summed E-state index contributed by atoms with van der Waals surface area (Å²) in [6, 6.07) is 0. The summed E-state index contributed by atoms with van der Waals surface area (Å²) in [6.07, 6.45) is 11.0. The molecular weight excluding hydrogens is 300 g/mol. The third kappa shape index (κ3) is 2.84. The Morgan fingerprint density at radius 2 is 1.36 bits per heavy atom. The standard InChI is InChI=1S/C25H42/c1-13(2)23(18-8-9-18)15(4)14(3)21-12-22(21)25-20-10-19(11-20)24(25)16(5)17-6-7-17/h13-25H,6-12H2,1-5H3/t14-,15?,16-,19?,20?,21?,22?,23?,24?,25?/m0/s1. The molecule has 6 aliphatic carbocycles. The van der Waals surface area contributed by atoms with E-state index in [1.807, 2.05) is 0 Å². The smallest absolute Gasteiger partial charge is 0.0321 e. The maximum atomic E-state index is 2.64. The van der Waals surface area contributed by atoms with Gasteiger partial charge in [0, 0.05) is 0 Å². The minimum atomic E-state index is 0.893. The molecule has 6 rings (SSSR count). The zero-order valence-corrected chi connectivity index (χ0v) is 17.5. The van der Waals surface area contributed by atoms with Crippen molar-refractivity contribution in [3.05, 3.63) is 0 Å². The van der Waals surface area contributed by atoms with Crippen LogP contribution in [0, 0.1) is 76.9 Å². The van der Waals surface area contributed by atoms with Gasteiger partial charge in [-0.15, -0.1) is 0 Å². The van der Waals surface area contributed by atoms with E-state index in [0.29, 0.717) is 0 Å². The lowest BCUT2D eigenvalue weighted by molar-refractivity contribution is 0.148.